The molecule has 0 bridgehead atoms. The van der Waals surface area contributed by atoms with Crippen molar-refractivity contribution in [2.45, 2.75) is 82.5 Å². The normalized spacial score (nSPS) is 18.5. The van der Waals surface area contributed by atoms with E-state index >= 15 is 0 Å². The van der Waals surface area contributed by atoms with Gasteiger partial charge >= 0.3 is 12.3 Å². The minimum absolute atomic E-state index is 0.0238. The standard InChI is InChI=1S/C34H39F3N2O5/c1-33(2,3)44-32(43)38-27(18-21-9-5-4-6-10-21)28(40)20-24(17-22-13-15-25(16-14-22)34(35,36)37)31(42)39-30-26-12-8-7-11-23(26)19-29(30)41/h4-16,24,27-30,40-41H,17-20H2,1-3H3,(H,38,43)(H,39,42)/t24-,27+,28+,29-,30+/m1/s1. The number of carbonyl (C=O) groups excluding carboxylic acids is 2. The van der Waals surface area contributed by atoms with Crippen LogP contribution in [0.3, 0.4) is 0 Å². The SMILES string of the molecule is CC(C)(C)OC(=O)N[C@@H](Cc1ccccc1)[C@@H](O)C[C@@H](Cc1ccc(C(F)(F)F)cc1)C(=O)N[C@H]1c2ccccc2C[C@H]1O. The zero-order chi connectivity index (χ0) is 32.1. The highest BCUT2D eigenvalue weighted by Crippen LogP contribution is 2.33. The first-order valence-electron chi connectivity index (χ1n) is 14.6. The van der Waals surface area contributed by atoms with Gasteiger partial charge < -0.3 is 25.6 Å². The molecule has 2 amide bonds. The molecule has 3 aromatic rings. The average molecular weight is 613 g/mol. The molecule has 4 N–H and O–H groups in total. The second kappa shape index (κ2) is 13.8. The van der Waals surface area contributed by atoms with Crippen molar-refractivity contribution < 1.29 is 37.7 Å². The van der Waals surface area contributed by atoms with Gasteiger partial charge in [0.25, 0.3) is 0 Å². The van der Waals surface area contributed by atoms with E-state index in [0.29, 0.717) is 12.0 Å². The highest BCUT2D eigenvalue weighted by molar-refractivity contribution is 5.80. The minimum Gasteiger partial charge on any atom is -0.444 e. The fourth-order valence-electron chi connectivity index (χ4n) is 5.48. The minimum atomic E-state index is -4.50. The Labute approximate surface area is 255 Å². The van der Waals surface area contributed by atoms with Gasteiger partial charge in [-0.05, 0) is 74.4 Å². The maximum Gasteiger partial charge on any atom is 0.416 e. The molecule has 1 aliphatic carbocycles. The van der Waals surface area contributed by atoms with Gasteiger partial charge in [-0.2, -0.15) is 13.2 Å². The number of ether oxygens (including phenoxy) is 1. The summed E-state index contributed by atoms with van der Waals surface area (Å²) in [4.78, 5) is 26.5. The van der Waals surface area contributed by atoms with E-state index in [4.69, 9.17) is 4.74 Å². The van der Waals surface area contributed by atoms with E-state index in [9.17, 15) is 33.0 Å². The van der Waals surface area contributed by atoms with Gasteiger partial charge in [-0.1, -0.05) is 66.7 Å². The number of rotatable bonds is 10. The summed E-state index contributed by atoms with van der Waals surface area (Å²) >= 11 is 0. The summed E-state index contributed by atoms with van der Waals surface area (Å²) in [7, 11) is 0. The van der Waals surface area contributed by atoms with Crippen LogP contribution in [0.5, 0.6) is 0 Å². The Bertz CT molecular complexity index is 1410. The lowest BCUT2D eigenvalue weighted by Crippen LogP contribution is -2.48. The zero-order valence-electron chi connectivity index (χ0n) is 25.0. The maximum atomic E-state index is 13.8. The van der Waals surface area contributed by atoms with Crippen LogP contribution in [0, 0.1) is 5.92 Å². The summed E-state index contributed by atoms with van der Waals surface area (Å²) in [5, 5.41) is 27.9. The van der Waals surface area contributed by atoms with Gasteiger partial charge in [-0.25, -0.2) is 4.79 Å². The van der Waals surface area contributed by atoms with Gasteiger partial charge in [0.1, 0.15) is 5.60 Å². The molecule has 5 atom stereocenters. The second-order valence-corrected chi connectivity index (χ2v) is 12.3. The fraction of sp³-hybridized carbons (Fsp3) is 0.412. The fourth-order valence-corrected chi connectivity index (χ4v) is 5.48. The third-order valence-electron chi connectivity index (χ3n) is 7.63. The average Bonchev–Trinajstić information content (AvgIpc) is 3.26. The van der Waals surface area contributed by atoms with Gasteiger partial charge in [0.05, 0.1) is 29.9 Å². The van der Waals surface area contributed by atoms with Crippen LogP contribution in [0.2, 0.25) is 0 Å². The van der Waals surface area contributed by atoms with Crippen LogP contribution in [0.1, 0.15) is 61.1 Å². The monoisotopic (exact) mass is 612 g/mol. The third kappa shape index (κ3) is 9.06. The molecular formula is C34H39F3N2O5. The molecule has 0 radical (unpaired) electrons. The maximum absolute atomic E-state index is 13.8. The van der Waals surface area contributed by atoms with E-state index in [1.807, 2.05) is 54.6 Å². The summed E-state index contributed by atoms with van der Waals surface area (Å²) in [6, 6.07) is 19.6. The first-order valence-corrected chi connectivity index (χ1v) is 14.6. The van der Waals surface area contributed by atoms with Crippen molar-refractivity contribution in [1.82, 2.24) is 10.6 Å². The summed E-state index contributed by atoms with van der Waals surface area (Å²) in [5.74, 6) is -1.37. The number of benzene rings is 3. The highest BCUT2D eigenvalue weighted by atomic mass is 19.4. The van der Waals surface area contributed by atoms with Gasteiger partial charge in [0.15, 0.2) is 0 Å². The Morgan fingerprint density at radius 1 is 0.909 bits per heavy atom. The molecule has 0 fully saturated rings. The smallest absolute Gasteiger partial charge is 0.416 e. The quantitative estimate of drug-likeness (QED) is 0.241. The number of alkyl halides is 3. The number of aliphatic hydroxyl groups is 2. The molecule has 0 saturated heterocycles. The Hall–Kier alpha value is -3.89. The number of halogens is 3. The predicted molar refractivity (Wildman–Crippen MR) is 160 cm³/mol. The van der Waals surface area contributed by atoms with E-state index in [2.05, 4.69) is 10.6 Å². The van der Waals surface area contributed by atoms with E-state index < -0.39 is 59.6 Å². The van der Waals surface area contributed by atoms with Gasteiger partial charge in [0, 0.05) is 12.3 Å². The summed E-state index contributed by atoms with van der Waals surface area (Å²) in [6.45, 7) is 5.15. The number of fused-ring (bicyclic) bond motifs is 1. The zero-order valence-corrected chi connectivity index (χ0v) is 25.0. The molecule has 1 aliphatic rings. The van der Waals surface area contributed by atoms with Crippen LogP contribution in [-0.2, 0) is 35.0 Å². The van der Waals surface area contributed by atoms with E-state index in [1.54, 1.807) is 20.8 Å². The molecule has 0 heterocycles. The molecule has 7 nitrogen and oxygen atoms in total. The van der Waals surface area contributed by atoms with E-state index in [-0.39, 0.29) is 19.3 Å². The lowest BCUT2D eigenvalue weighted by Gasteiger charge is -2.30. The number of nitrogens with one attached hydrogen (secondary N) is 2. The van der Waals surface area contributed by atoms with Crippen molar-refractivity contribution in [1.29, 1.82) is 0 Å². The molecule has 0 aromatic heterocycles. The summed E-state index contributed by atoms with van der Waals surface area (Å²) in [5.41, 5.74) is 1.41. The van der Waals surface area contributed by atoms with Crippen molar-refractivity contribution in [3.8, 4) is 0 Å². The predicted octanol–water partition coefficient (Wildman–Crippen LogP) is 5.53. The van der Waals surface area contributed by atoms with Crippen molar-refractivity contribution >= 4 is 12.0 Å². The van der Waals surface area contributed by atoms with Crippen LogP contribution in [0.4, 0.5) is 18.0 Å². The number of aliphatic hydroxyl groups excluding tert-OH is 2. The lowest BCUT2D eigenvalue weighted by atomic mass is 9.88. The lowest BCUT2D eigenvalue weighted by molar-refractivity contribution is -0.137. The first kappa shape index (κ1) is 33.0. The third-order valence-corrected chi connectivity index (χ3v) is 7.63. The summed E-state index contributed by atoms with van der Waals surface area (Å²) in [6.07, 6.45) is -6.80. The Morgan fingerprint density at radius 3 is 2.16 bits per heavy atom. The van der Waals surface area contributed by atoms with E-state index in [0.717, 1.165) is 28.8 Å². The van der Waals surface area contributed by atoms with Crippen LogP contribution in [0.15, 0.2) is 78.9 Å². The highest BCUT2D eigenvalue weighted by Gasteiger charge is 2.36. The van der Waals surface area contributed by atoms with Gasteiger partial charge in [-0.3, -0.25) is 4.79 Å². The Kier molecular flexibility index (Phi) is 10.4. The molecule has 0 saturated carbocycles. The Morgan fingerprint density at radius 2 is 1.52 bits per heavy atom. The molecule has 4 rings (SSSR count). The molecule has 3 aromatic carbocycles. The van der Waals surface area contributed by atoms with Crippen molar-refractivity contribution in [3.05, 3.63) is 107 Å². The number of amides is 2. The van der Waals surface area contributed by atoms with Gasteiger partial charge in [-0.15, -0.1) is 0 Å². The van der Waals surface area contributed by atoms with E-state index in [1.165, 1.54) is 12.1 Å². The number of carbonyl (C=O) groups is 2. The number of alkyl carbamates (subject to hydrolysis) is 1. The second-order valence-electron chi connectivity index (χ2n) is 12.3. The van der Waals surface area contributed by atoms with Crippen LogP contribution >= 0.6 is 0 Å². The molecule has 0 aliphatic heterocycles. The van der Waals surface area contributed by atoms with Crippen molar-refractivity contribution in [3.63, 3.8) is 0 Å². The Balaban J connectivity index is 1.58. The van der Waals surface area contributed by atoms with Crippen molar-refractivity contribution in [2.24, 2.45) is 5.92 Å². The molecular weight excluding hydrogens is 573 g/mol. The largest absolute Gasteiger partial charge is 0.444 e. The summed E-state index contributed by atoms with van der Waals surface area (Å²) < 4.78 is 44.9. The molecule has 44 heavy (non-hydrogen) atoms. The molecule has 10 heteroatoms. The van der Waals surface area contributed by atoms with Crippen molar-refractivity contribution in [2.75, 3.05) is 0 Å². The van der Waals surface area contributed by atoms with Crippen LogP contribution in [-0.4, -0.2) is 46.1 Å². The number of hydrogen-bond donors (Lipinski definition) is 4. The molecule has 0 spiro atoms. The molecule has 236 valence electrons. The molecule has 0 unspecified atom stereocenters. The number of hydrogen-bond acceptors (Lipinski definition) is 5. The van der Waals surface area contributed by atoms with Crippen LogP contribution in [0.25, 0.3) is 0 Å². The van der Waals surface area contributed by atoms with Gasteiger partial charge in [0.2, 0.25) is 5.91 Å². The topological polar surface area (TPSA) is 108 Å². The first-order chi connectivity index (χ1) is 20.7. The van der Waals surface area contributed by atoms with Crippen LogP contribution < -0.4 is 10.6 Å².